The van der Waals surface area contributed by atoms with Crippen LogP contribution < -0.4 is 10.2 Å². The summed E-state index contributed by atoms with van der Waals surface area (Å²) in [5, 5.41) is 3.43. The standard InChI is InChI=1S/C15H27N3/c1-5-7-13(3)18(4)15-11-14(8-10-17-15)12-16-9-6-2/h8,10-11,13,16H,5-7,9,12H2,1-4H3. The molecular weight excluding hydrogens is 222 g/mol. The average Bonchev–Trinajstić information content (AvgIpc) is 2.39. The van der Waals surface area contributed by atoms with Gasteiger partial charge in [0.1, 0.15) is 5.82 Å². The maximum absolute atomic E-state index is 4.47. The van der Waals surface area contributed by atoms with Gasteiger partial charge in [-0.2, -0.15) is 0 Å². The molecule has 0 aliphatic rings. The van der Waals surface area contributed by atoms with E-state index >= 15 is 0 Å². The summed E-state index contributed by atoms with van der Waals surface area (Å²) in [5.74, 6) is 1.08. The number of aromatic nitrogens is 1. The molecule has 1 unspecified atom stereocenters. The van der Waals surface area contributed by atoms with Crippen molar-refractivity contribution in [2.45, 2.75) is 52.6 Å². The van der Waals surface area contributed by atoms with E-state index < -0.39 is 0 Å². The van der Waals surface area contributed by atoms with Crippen molar-refractivity contribution in [1.82, 2.24) is 10.3 Å². The lowest BCUT2D eigenvalue weighted by Crippen LogP contribution is -2.29. The molecule has 1 N–H and O–H groups in total. The molecule has 0 aliphatic carbocycles. The first-order valence-electron chi connectivity index (χ1n) is 7.07. The van der Waals surface area contributed by atoms with Crippen LogP contribution >= 0.6 is 0 Å². The molecule has 3 heteroatoms. The van der Waals surface area contributed by atoms with E-state index in [4.69, 9.17) is 0 Å². The first-order valence-corrected chi connectivity index (χ1v) is 7.07. The Morgan fingerprint density at radius 1 is 1.33 bits per heavy atom. The molecule has 1 atom stereocenters. The normalized spacial score (nSPS) is 12.4. The van der Waals surface area contributed by atoms with Crippen LogP contribution in [0.5, 0.6) is 0 Å². The van der Waals surface area contributed by atoms with Crippen molar-refractivity contribution in [1.29, 1.82) is 0 Å². The van der Waals surface area contributed by atoms with Crippen molar-refractivity contribution in [3.63, 3.8) is 0 Å². The second-order valence-electron chi connectivity index (χ2n) is 4.95. The summed E-state index contributed by atoms with van der Waals surface area (Å²) < 4.78 is 0. The van der Waals surface area contributed by atoms with Crippen LogP contribution in [0.25, 0.3) is 0 Å². The largest absolute Gasteiger partial charge is 0.357 e. The summed E-state index contributed by atoms with van der Waals surface area (Å²) >= 11 is 0. The first kappa shape index (κ1) is 15.0. The summed E-state index contributed by atoms with van der Waals surface area (Å²) in [6.45, 7) is 8.67. The Morgan fingerprint density at radius 3 is 2.78 bits per heavy atom. The van der Waals surface area contributed by atoms with Crippen LogP contribution in [-0.4, -0.2) is 24.6 Å². The zero-order valence-corrected chi connectivity index (χ0v) is 12.2. The van der Waals surface area contributed by atoms with Crippen LogP contribution in [0.15, 0.2) is 18.3 Å². The molecule has 0 amide bonds. The van der Waals surface area contributed by atoms with Gasteiger partial charge in [-0.15, -0.1) is 0 Å². The fourth-order valence-electron chi connectivity index (χ4n) is 2.01. The molecular formula is C15H27N3. The minimum Gasteiger partial charge on any atom is -0.357 e. The van der Waals surface area contributed by atoms with Gasteiger partial charge in [0, 0.05) is 25.8 Å². The summed E-state index contributed by atoms with van der Waals surface area (Å²) in [6, 6.07) is 4.82. The highest BCUT2D eigenvalue weighted by Gasteiger charge is 2.10. The molecule has 0 radical (unpaired) electrons. The zero-order valence-electron chi connectivity index (χ0n) is 12.2. The zero-order chi connectivity index (χ0) is 13.4. The summed E-state index contributed by atoms with van der Waals surface area (Å²) in [6.07, 6.45) is 5.50. The van der Waals surface area contributed by atoms with Gasteiger partial charge in [0.25, 0.3) is 0 Å². The van der Waals surface area contributed by atoms with Crippen LogP contribution in [0.2, 0.25) is 0 Å². The van der Waals surface area contributed by atoms with E-state index in [0.717, 1.165) is 18.9 Å². The van der Waals surface area contributed by atoms with Gasteiger partial charge >= 0.3 is 0 Å². The molecule has 18 heavy (non-hydrogen) atoms. The van der Waals surface area contributed by atoms with Crippen LogP contribution in [0.3, 0.4) is 0 Å². The molecule has 0 spiro atoms. The van der Waals surface area contributed by atoms with Crippen LogP contribution in [0.4, 0.5) is 5.82 Å². The Labute approximate surface area is 112 Å². The summed E-state index contributed by atoms with van der Waals surface area (Å²) in [4.78, 5) is 6.74. The molecule has 0 aromatic carbocycles. The monoisotopic (exact) mass is 249 g/mol. The molecule has 0 aliphatic heterocycles. The molecule has 0 saturated heterocycles. The van der Waals surface area contributed by atoms with Crippen molar-refractivity contribution in [3.8, 4) is 0 Å². The Kier molecular flexibility index (Phi) is 6.73. The Balaban J connectivity index is 2.62. The molecule has 1 heterocycles. The van der Waals surface area contributed by atoms with Gasteiger partial charge in [-0.3, -0.25) is 0 Å². The molecule has 1 rings (SSSR count). The van der Waals surface area contributed by atoms with Crippen molar-refractivity contribution >= 4 is 5.82 Å². The van der Waals surface area contributed by atoms with Crippen molar-refractivity contribution in [2.75, 3.05) is 18.5 Å². The number of anilines is 1. The summed E-state index contributed by atoms with van der Waals surface area (Å²) in [5.41, 5.74) is 1.31. The van der Waals surface area contributed by atoms with Crippen molar-refractivity contribution < 1.29 is 0 Å². The highest BCUT2D eigenvalue weighted by molar-refractivity contribution is 5.41. The van der Waals surface area contributed by atoms with E-state index in [1.165, 1.54) is 24.8 Å². The molecule has 3 nitrogen and oxygen atoms in total. The van der Waals surface area contributed by atoms with E-state index in [2.05, 4.69) is 55.2 Å². The highest BCUT2D eigenvalue weighted by atomic mass is 15.2. The van der Waals surface area contributed by atoms with Crippen molar-refractivity contribution in [3.05, 3.63) is 23.9 Å². The lowest BCUT2D eigenvalue weighted by atomic mass is 10.1. The molecule has 0 fully saturated rings. The Hall–Kier alpha value is -1.09. The fourth-order valence-corrected chi connectivity index (χ4v) is 2.01. The second-order valence-corrected chi connectivity index (χ2v) is 4.95. The van der Waals surface area contributed by atoms with Crippen molar-refractivity contribution in [2.24, 2.45) is 0 Å². The third-order valence-electron chi connectivity index (χ3n) is 3.29. The molecule has 0 saturated carbocycles. The van der Waals surface area contributed by atoms with Gasteiger partial charge in [-0.1, -0.05) is 20.3 Å². The lowest BCUT2D eigenvalue weighted by Gasteiger charge is -2.26. The fraction of sp³-hybridized carbons (Fsp3) is 0.667. The average molecular weight is 249 g/mol. The SMILES string of the molecule is CCCNCc1ccnc(N(C)C(C)CCC)c1. The van der Waals surface area contributed by atoms with E-state index in [1.807, 2.05) is 6.20 Å². The minimum atomic E-state index is 0.543. The van der Waals surface area contributed by atoms with E-state index in [9.17, 15) is 0 Å². The Bertz CT molecular complexity index is 338. The summed E-state index contributed by atoms with van der Waals surface area (Å²) in [7, 11) is 2.13. The molecule has 102 valence electrons. The molecule has 1 aromatic rings. The number of rotatable bonds is 8. The predicted molar refractivity (Wildman–Crippen MR) is 79.0 cm³/mol. The second kappa shape index (κ2) is 8.09. The smallest absolute Gasteiger partial charge is 0.128 e. The van der Waals surface area contributed by atoms with Gasteiger partial charge < -0.3 is 10.2 Å². The third-order valence-corrected chi connectivity index (χ3v) is 3.29. The van der Waals surface area contributed by atoms with Gasteiger partial charge in [0.15, 0.2) is 0 Å². The Morgan fingerprint density at radius 2 is 2.11 bits per heavy atom. The van der Waals surface area contributed by atoms with Gasteiger partial charge in [0.2, 0.25) is 0 Å². The van der Waals surface area contributed by atoms with Gasteiger partial charge in [0.05, 0.1) is 0 Å². The first-order chi connectivity index (χ1) is 8.69. The van der Waals surface area contributed by atoms with Crippen LogP contribution in [-0.2, 0) is 6.54 Å². The highest BCUT2D eigenvalue weighted by Crippen LogP contribution is 2.16. The number of hydrogen-bond donors (Lipinski definition) is 1. The maximum Gasteiger partial charge on any atom is 0.128 e. The number of hydrogen-bond acceptors (Lipinski definition) is 3. The minimum absolute atomic E-state index is 0.543. The molecule has 0 bridgehead atoms. The third kappa shape index (κ3) is 4.65. The van der Waals surface area contributed by atoms with Crippen LogP contribution in [0.1, 0.15) is 45.6 Å². The quantitative estimate of drug-likeness (QED) is 0.717. The number of nitrogens with one attached hydrogen (secondary N) is 1. The maximum atomic E-state index is 4.47. The predicted octanol–water partition coefficient (Wildman–Crippen LogP) is 3.21. The van der Waals surface area contributed by atoms with E-state index in [-0.39, 0.29) is 0 Å². The van der Waals surface area contributed by atoms with E-state index in [1.54, 1.807) is 0 Å². The number of pyridine rings is 1. The van der Waals surface area contributed by atoms with E-state index in [0.29, 0.717) is 6.04 Å². The topological polar surface area (TPSA) is 28.2 Å². The molecule has 1 aromatic heterocycles. The van der Waals surface area contributed by atoms with Gasteiger partial charge in [-0.05, 0) is 44.0 Å². The number of nitrogens with zero attached hydrogens (tertiary/aromatic N) is 2. The lowest BCUT2D eigenvalue weighted by molar-refractivity contribution is 0.610. The van der Waals surface area contributed by atoms with Crippen LogP contribution in [0, 0.1) is 0 Å². The van der Waals surface area contributed by atoms with Gasteiger partial charge in [-0.25, -0.2) is 4.98 Å².